The van der Waals surface area contributed by atoms with Crippen LogP contribution in [-0.2, 0) is 21.9 Å². The Hall–Kier alpha value is -2.18. The molecule has 0 aliphatic heterocycles. The second-order valence-electron chi connectivity index (χ2n) is 6.28. The van der Waals surface area contributed by atoms with Crippen LogP contribution in [0.4, 0.5) is 0 Å². The molecular weight excluding hydrogens is 396 g/mol. The van der Waals surface area contributed by atoms with Crippen LogP contribution in [0, 0.1) is 0 Å². The maximum Gasteiger partial charge on any atom is 0.242 e. The minimum atomic E-state index is -0.560. The molecule has 2 aromatic carbocycles. The van der Waals surface area contributed by atoms with Crippen molar-refractivity contribution in [2.75, 3.05) is 19.9 Å². The number of hydrogen-bond acceptors (Lipinski definition) is 4. The number of thioether (sulfide) groups is 1. The molecular formula is C21H25ClN2O3S. The van der Waals surface area contributed by atoms with Gasteiger partial charge >= 0.3 is 0 Å². The van der Waals surface area contributed by atoms with Gasteiger partial charge in [-0.1, -0.05) is 35.9 Å². The highest BCUT2D eigenvalue weighted by Crippen LogP contribution is 2.19. The van der Waals surface area contributed by atoms with Crippen LogP contribution in [0.15, 0.2) is 48.5 Å². The topological polar surface area (TPSA) is 58.6 Å². The molecule has 0 aliphatic rings. The van der Waals surface area contributed by atoms with Crippen molar-refractivity contribution in [1.29, 1.82) is 0 Å². The molecule has 0 fully saturated rings. The number of carbonyl (C=O) groups is 2. The highest BCUT2D eigenvalue weighted by atomic mass is 35.5. The highest BCUT2D eigenvalue weighted by molar-refractivity contribution is 7.99. The molecule has 0 unspecified atom stereocenters. The first-order valence-corrected chi connectivity index (χ1v) is 10.4. The fraction of sp³-hybridized carbons (Fsp3) is 0.333. The molecule has 0 aliphatic carbocycles. The fourth-order valence-corrected chi connectivity index (χ4v) is 3.64. The third kappa shape index (κ3) is 6.46. The average molecular weight is 421 g/mol. The van der Waals surface area contributed by atoms with Crippen molar-refractivity contribution in [2.45, 2.75) is 25.3 Å². The van der Waals surface area contributed by atoms with Crippen LogP contribution in [0.3, 0.4) is 0 Å². The lowest BCUT2D eigenvalue weighted by Crippen LogP contribution is -2.47. The van der Waals surface area contributed by atoms with Crippen molar-refractivity contribution in [3.63, 3.8) is 0 Å². The second kappa shape index (κ2) is 11.0. The Balaban J connectivity index is 2.00. The quantitative estimate of drug-likeness (QED) is 0.671. The van der Waals surface area contributed by atoms with E-state index in [1.165, 1.54) is 11.8 Å². The number of nitrogens with zero attached hydrogens (tertiary/aromatic N) is 1. The largest absolute Gasteiger partial charge is 0.497 e. The van der Waals surface area contributed by atoms with E-state index in [0.29, 0.717) is 23.1 Å². The van der Waals surface area contributed by atoms with Gasteiger partial charge in [-0.15, -0.1) is 11.8 Å². The summed E-state index contributed by atoms with van der Waals surface area (Å²) >= 11 is 7.46. The van der Waals surface area contributed by atoms with E-state index >= 15 is 0 Å². The molecule has 7 heteroatoms. The summed E-state index contributed by atoms with van der Waals surface area (Å²) in [4.78, 5) is 26.6. The van der Waals surface area contributed by atoms with E-state index in [9.17, 15) is 9.59 Å². The molecule has 0 saturated heterocycles. The van der Waals surface area contributed by atoms with E-state index in [4.69, 9.17) is 16.3 Å². The monoisotopic (exact) mass is 420 g/mol. The Morgan fingerprint density at radius 1 is 1.11 bits per heavy atom. The van der Waals surface area contributed by atoms with Gasteiger partial charge in [0.2, 0.25) is 11.8 Å². The summed E-state index contributed by atoms with van der Waals surface area (Å²) in [5.41, 5.74) is 2.04. The van der Waals surface area contributed by atoms with Crippen LogP contribution in [0.1, 0.15) is 18.1 Å². The molecule has 0 spiro atoms. The van der Waals surface area contributed by atoms with Crippen molar-refractivity contribution < 1.29 is 14.3 Å². The number of nitrogens with one attached hydrogen (secondary N) is 1. The molecule has 2 rings (SSSR count). The van der Waals surface area contributed by atoms with Gasteiger partial charge in [-0.2, -0.15) is 0 Å². The Bertz CT molecular complexity index is 781. The van der Waals surface area contributed by atoms with E-state index in [0.717, 1.165) is 16.9 Å². The summed E-state index contributed by atoms with van der Waals surface area (Å²) in [6.07, 6.45) is 0. The number of rotatable bonds is 9. The number of amides is 2. The van der Waals surface area contributed by atoms with Gasteiger partial charge in [-0.25, -0.2) is 0 Å². The highest BCUT2D eigenvalue weighted by Gasteiger charge is 2.25. The van der Waals surface area contributed by atoms with Gasteiger partial charge in [0.25, 0.3) is 0 Å². The predicted octanol–water partition coefficient (Wildman–Crippen LogP) is 3.75. The van der Waals surface area contributed by atoms with Crippen LogP contribution >= 0.6 is 23.4 Å². The van der Waals surface area contributed by atoms with Gasteiger partial charge in [0.05, 0.1) is 12.9 Å². The molecule has 5 nitrogen and oxygen atoms in total. The maximum atomic E-state index is 12.8. The number of ether oxygens (including phenoxy) is 1. The Labute approximate surface area is 175 Å². The summed E-state index contributed by atoms with van der Waals surface area (Å²) < 4.78 is 5.15. The summed E-state index contributed by atoms with van der Waals surface area (Å²) in [5, 5.41) is 3.25. The lowest BCUT2D eigenvalue weighted by Gasteiger charge is -2.28. The fourth-order valence-electron chi connectivity index (χ4n) is 2.64. The van der Waals surface area contributed by atoms with Gasteiger partial charge < -0.3 is 15.0 Å². The van der Waals surface area contributed by atoms with E-state index in [-0.39, 0.29) is 11.8 Å². The van der Waals surface area contributed by atoms with E-state index < -0.39 is 6.04 Å². The minimum absolute atomic E-state index is 0.0791. The number of benzene rings is 2. The first-order chi connectivity index (χ1) is 13.4. The van der Waals surface area contributed by atoms with Gasteiger partial charge in [0.1, 0.15) is 11.8 Å². The lowest BCUT2D eigenvalue weighted by atomic mass is 10.1. The van der Waals surface area contributed by atoms with E-state index in [2.05, 4.69) is 5.32 Å². The molecule has 2 amide bonds. The molecule has 0 heterocycles. The predicted molar refractivity (Wildman–Crippen MR) is 115 cm³/mol. The van der Waals surface area contributed by atoms with Gasteiger partial charge in [-0.3, -0.25) is 9.59 Å². The summed E-state index contributed by atoms with van der Waals surface area (Å²) in [6, 6.07) is 14.5. The molecule has 0 saturated carbocycles. The molecule has 0 radical (unpaired) electrons. The van der Waals surface area contributed by atoms with Crippen molar-refractivity contribution in [1.82, 2.24) is 10.2 Å². The third-order valence-corrected chi connectivity index (χ3v) is 5.57. The molecule has 0 bridgehead atoms. The van der Waals surface area contributed by atoms with E-state index in [1.54, 1.807) is 38.1 Å². The van der Waals surface area contributed by atoms with Gasteiger partial charge in [-0.05, 0) is 42.3 Å². The van der Waals surface area contributed by atoms with Gasteiger partial charge in [0, 0.05) is 24.4 Å². The van der Waals surface area contributed by atoms with Crippen LogP contribution < -0.4 is 10.1 Å². The van der Waals surface area contributed by atoms with Crippen molar-refractivity contribution in [3.05, 3.63) is 64.7 Å². The van der Waals surface area contributed by atoms with Crippen LogP contribution in [0.2, 0.25) is 5.02 Å². The second-order valence-corrected chi connectivity index (χ2v) is 7.70. The minimum Gasteiger partial charge on any atom is -0.497 e. The van der Waals surface area contributed by atoms with Crippen molar-refractivity contribution in [3.8, 4) is 5.75 Å². The summed E-state index contributed by atoms with van der Waals surface area (Å²) in [5.74, 6) is 1.53. The smallest absolute Gasteiger partial charge is 0.242 e. The Morgan fingerprint density at radius 2 is 1.71 bits per heavy atom. The van der Waals surface area contributed by atoms with Gasteiger partial charge in [0.15, 0.2) is 0 Å². The number of hydrogen-bond donors (Lipinski definition) is 1. The molecule has 2 aromatic rings. The molecule has 1 N–H and O–H groups in total. The molecule has 28 heavy (non-hydrogen) atoms. The maximum absolute atomic E-state index is 12.8. The standard InChI is InChI=1S/C21H25ClN2O3S/c1-15(21(26)23-2)24(12-16-4-8-18(22)9-5-16)20(25)14-28-13-17-6-10-19(27-3)11-7-17/h4-11,15H,12-14H2,1-3H3,(H,23,26)/t15-/m1/s1. The first-order valence-electron chi connectivity index (χ1n) is 8.90. The summed E-state index contributed by atoms with van der Waals surface area (Å²) in [6.45, 7) is 2.09. The Morgan fingerprint density at radius 3 is 2.29 bits per heavy atom. The zero-order valence-corrected chi connectivity index (χ0v) is 17.8. The molecule has 0 aromatic heterocycles. The zero-order chi connectivity index (χ0) is 20.5. The van der Waals surface area contributed by atoms with Crippen LogP contribution in [0.5, 0.6) is 5.75 Å². The van der Waals surface area contributed by atoms with Crippen LogP contribution in [0.25, 0.3) is 0 Å². The van der Waals surface area contributed by atoms with E-state index in [1.807, 2.05) is 36.4 Å². The Kier molecular flexibility index (Phi) is 8.67. The van der Waals surface area contributed by atoms with Crippen LogP contribution in [-0.4, -0.2) is 42.7 Å². The molecule has 1 atom stereocenters. The number of likely N-dealkylation sites (N-methyl/N-ethyl adjacent to an activating group) is 1. The summed E-state index contributed by atoms with van der Waals surface area (Å²) in [7, 11) is 3.20. The normalized spacial score (nSPS) is 11.6. The SMILES string of the molecule is CNC(=O)[C@@H](C)N(Cc1ccc(Cl)cc1)C(=O)CSCc1ccc(OC)cc1. The first kappa shape index (κ1) is 22.1. The average Bonchev–Trinajstić information content (AvgIpc) is 2.72. The zero-order valence-electron chi connectivity index (χ0n) is 16.3. The lowest BCUT2D eigenvalue weighted by molar-refractivity contribution is -0.138. The number of carbonyl (C=O) groups excluding carboxylic acids is 2. The number of methoxy groups -OCH3 is 1. The van der Waals surface area contributed by atoms with Crippen molar-refractivity contribution >= 4 is 35.2 Å². The number of halogens is 1. The molecule has 150 valence electrons. The van der Waals surface area contributed by atoms with Crippen molar-refractivity contribution in [2.24, 2.45) is 0 Å². The third-order valence-electron chi connectivity index (χ3n) is 4.33.